The fourth-order valence-electron chi connectivity index (χ4n) is 2.86. The summed E-state index contributed by atoms with van der Waals surface area (Å²) in [4.78, 5) is 17.7. The maximum Gasteiger partial charge on any atom is 0.418 e. The number of anilines is 1. The van der Waals surface area contributed by atoms with Crippen molar-refractivity contribution in [3.8, 4) is 0 Å². The topological polar surface area (TPSA) is 91.4 Å². The van der Waals surface area contributed by atoms with Crippen molar-refractivity contribution < 1.29 is 26.4 Å². The molecule has 0 aromatic carbocycles. The number of sulfonamides is 1. The lowest BCUT2D eigenvalue weighted by Crippen LogP contribution is -2.48. The van der Waals surface area contributed by atoms with E-state index in [0.717, 1.165) is 0 Å². The van der Waals surface area contributed by atoms with E-state index in [2.05, 4.69) is 15.0 Å². The van der Waals surface area contributed by atoms with Crippen LogP contribution >= 0.6 is 0 Å². The van der Waals surface area contributed by atoms with E-state index < -0.39 is 33.0 Å². The number of halogens is 3. The summed E-state index contributed by atoms with van der Waals surface area (Å²) in [7, 11) is -3.38. The molecule has 158 valence electrons. The minimum absolute atomic E-state index is 0.0135. The molecule has 1 aliphatic heterocycles. The van der Waals surface area contributed by atoms with Gasteiger partial charge in [-0.15, -0.1) is 0 Å². The van der Waals surface area contributed by atoms with Gasteiger partial charge in [-0.2, -0.15) is 13.2 Å². The number of amides is 2. The Balaban J connectivity index is 1.99. The number of likely N-dealkylation sites (tertiary alicyclic amines) is 1. The van der Waals surface area contributed by atoms with Crippen LogP contribution in [0.2, 0.25) is 0 Å². The largest absolute Gasteiger partial charge is 0.418 e. The van der Waals surface area contributed by atoms with Crippen LogP contribution in [0.3, 0.4) is 0 Å². The number of hydrogen-bond donors (Lipinski definition) is 2. The van der Waals surface area contributed by atoms with E-state index >= 15 is 0 Å². The lowest BCUT2D eigenvalue weighted by Gasteiger charge is -2.32. The van der Waals surface area contributed by atoms with E-state index in [1.54, 1.807) is 13.8 Å². The molecule has 0 atom stereocenters. The molecule has 1 fully saturated rings. The number of pyridine rings is 1. The van der Waals surface area contributed by atoms with Crippen molar-refractivity contribution in [3.63, 3.8) is 0 Å². The Morgan fingerprint density at radius 2 is 1.79 bits per heavy atom. The minimum atomic E-state index is -4.50. The van der Waals surface area contributed by atoms with E-state index in [1.165, 1.54) is 18.7 Å². The first-order chi connectivity index (χ1) is 12.8. The Morgan fingerprint density at radius 1 is 1.21 bits per heavy atom. The molecule has 2 rings (SSSR count). The summed E-state index contributed by atoms with van der Waals surface area (Å²) < 4.78 is 65.3. The van der Waals surface area contributed by atoms with Crippen LogP contribution in [-0.4, -0.2) is 48.7 Å². The van der Waals surface area contributed by atoms with Crippen LogP contribution in [-0.2, 0) is 16.2 Å². The van der Waals surface area contributed by atoms with Crippen LogP contribution in [0.5, 0.6) is 0 Å². The van der Waals surface area contributed by atoms with Crippen molar-refractivity contribution in [3.05, 3.63) is 22.9 Å². The molecule has 1 aromatic heterocycles. The third-order valence-corrected chi connectivity index (χ3v) is 6.81. The molecule has 0 radical (unpaired) electrons. The fraction of sp³-hybridized carbons (Fsp3) is 0.647. The minimum Gasteiger partial charge on any atom is -0.324 e. The fourth-order valence-corrected chi connectivity index (χ4v) is 3.84. The van der Waals surface area contributed by atoms with Crippen molar-refractivity contribution in [1.29, 1.82) is 0 Å². The zero-order chi connectivity index (χ0) is 21.3. The predicted molar refractivity (Wildman–Crippen MR) is 99.5 cm³/mol. The molecular weight excluding hydrogens is 397 g/mol. The van der Waals surface area contributed by atoms with Gasteiger partial charge >= 0.3 is 12.2 Å². The molecule has 2 amide bonds. The van der Waals surface area contributed by atoms with Gasteiger partial charge in [0.25, 0.3) is 0 Å². The van der Waals surface area contributed by atoms with Crippen molar-refractivity contribution in [2.75, 3.05) is 18.4 Å². The number of carbonyl (C=O) groups is 1. The van der Waals surface area contributed by atoms with E-state index in [9.17, 15) is 26.4 Å². The van der Waals surface area contributed by atoms with Crippen LogP contribution in [0.4, 0.5) is 23.8 Å². The zero-order valence-electron chi connectivity index (χ0n) is 16.2. The van der Waals surface area contributed by atoms with Gasteiger partial charge in [-0.1, -0.05) is 0 Å². The Morgan fingerprint density at radius 3 is 2.29 bits per heavy atom. The average Bonchev–Trinajstić information content (AvgIpc) is 2.58. The molecule has 0 spiro atoms. The maximum absolute atomic E-state index is 12.9. The first-order valence-electron chi connectivity index (χ1n) is 8.93. The van der Waals surface area contributed by atoms with E-state index in [1.807, 2.05) is 0 Å². The van der Waals surface area contributed by atoms with Gasteiger partial charge in [0.1, 0.15) is 5.82 Å². The second-order valence-electron chi connectivity index (χ2n) is 7.17. The van der Waals surface area contributed by atoms with Gasteiger partial charge in [0.05, 0.1) is 10.8 Å². The molecular formula is C17H25F3N4O3S. The van der Waals surface area contributed by atoms with Gasteiger partial charge in [-0.05, 0) is 51.7 Å². The van der Waals surface area contributed by atoms with Crippen LogP contribution in [0.25, 0.3) is 0 Å². The van der Waals surface area contributed by atoms with Crippen LogP contribution in [0, 0.1) is 13.8 Å². The van der Waals surface area contributed by atoms with E-state index in [4.69, 9.17) is 0 Å². The summed E-state index contributed by atoms with van der Waals surface area (Å²) in [5.41, 5.74) is -0.566. The van der Waals surface area contributed by atoms with Crippen LogP contribution in [0.1, 0.15) is 43.4 Å². The highest BCUT2D eigenvalue weighted by atomic mass is 32.2. The molecule has 0 bridgehead atoms. The van der Waals surface area contributed by atoms with Crippen molar-refractivity contribution in [1.82, 2.24) is 14.6 Å². The first kappa shape index (κ1) is 22.4. The SMILES string of the molecule is Cc1c(C(F)(F)F)cnc(NC(=O)N2CCC(NS(=O)(=O)C(C)C)CC2)c1C. The quantitative estimate of drug-likeness (QED) is 0.780. The highest BCUT2D eigenvalue weighted by Gasteiger charge is 2.34. The lowest BCUT2D eigenvalue weighted by atomic mass is 10.1. The van der Waals surface area contributed by atoms with Gasteiger partial charge in [0.15, 0.2) is 0 Å². The predicted octanol–water partition coefficient (Wildman–Crippen LogP) is 3.04. The molecule has 2 N–H and O–H groups in total. The summed E-state index contributed by atoms with van der Waals surface area (Å²) in [6, 6.07) is -0.718. The lowest BCUT2D eigenvalue weighted by molar-refractivity contribution is -0.138. The summed E-state index contributed by atoms with van der Waals surface area (Å²) in [6.45, 7) is 6.64. The highest BCUT2D eigenvalue weighted by molar-refractivity contribution is 7.90. The molecule has 0 unspecified atom stereocenters. The van der Waals surface area contributed by atoms with Gasteiger partial charge in [-0.25, -0.2) is 22.9 Å². The number of nitrogens with zero attached hydrogens (tertiary/aromatic N) is 2. The van der Waals surface area contributed by atoms with Gasteiger partial charge in [0, 0.05) is 25.3 Å². The van der Waals surface area contributed by atoms with Gasteiger partial charge in [-0.3, -0.25) is 5.32 Å². The number of urea groups is 1. The maximum atomic E-state index is 12.9. The molecule has 0 aliphatic carbocycles. The monoisotopic (exact) mass is 422 g/mol. The number of rotatable bonds is 4. The van der Waals surface area contributed by atoms with Gasteiger partial charge < -0.3 is 4.90 Å². The second kappa shape index (κ2) is 8.24. The number of nitrogens with one attached hydrogen (secondary N) is 2. The standard InChI is InChI=1S/C17H25F3N4O3S/c1-10(2)28(26,27)23-13-5-7-24(8-6-13)16(25)22-15-12(4)11(3)14(9-21-15)17(18,19)20/h9-10,13,23H,5-8H2,1-4H3,(H,21,22,25). The summed E-state index contributed by atoms with van der Waals surface area (Å²) in [6.07, 6.45) is -2.88. The molecule has 1 aliphatic rings. The third kappa shape index (κ3) is 5.13. The normalized spacial score (nSPS) is 16.5. The Hall–Kier alpha value is -1.88. The molecule has 0 saturated carbocycles. The number of piperidine rings is 1. The molecule has 2 heterocycles. The van der Waals surface area contributed by atoms with Crippen molar-refractivity contribution >= 4 is 21.9 Å². The summed E-state index contributed by atoms with van der Waals surface area (Å²) >= 11 is 0. The van der Waals surface area contributed by atoms with Crippen molar-refractivity contribution in [2.45, 2.75) is 58.0 Å². The third-order valence-electron chi connectivity index (χ3n) is 4.91. The second-order valence-corrected chi connectivity index (χ2v) is 9.44. The number of carbonyl (C=O) groups excluding carboxylic acids is 1. The van der Waals surface area contributed by atoms with Crippen LogP contribution in [0.15, 0.2) is 6.20 Å². The number of hydrogen-bond acceptors (Lipinski definition) is 4. The average molecular weight is 422 g/mol. The molecule has 1 saturated heterocycles. The Kier molecular flexibility index (Phi) is 6.59. The molecule has 7 nitrogen and oxygen atoms in total. The smallest absolute Gasteiger partial charge is 0.324 e. The highest BCUT2D eigenvalue weighted by Crippen LogP contribution is 2.34. The summed E-state index contributed by atoms with van der Waals surface area (Å²) in [5.74, 6) is 0.0816. The van der Waals surface area contributed by atoms with E-state index in [0.29, 0.717) is 32.1 Å². The Bertz CT molecular complexity index is 833. The van der Waals surface area contributed by atoms with Crippen LogP contribution < -0.4 is 10.0 Å². The van der Waals surface area contributed by atoms with Gasteiger partial charge in [0.2, 0.25) is 10.0 Å². The number of aromatic nitrogens is 1. The molecule has 11 heteroatoms. The summed E-state index contributed by atoms with van der Waals surface area (Å²) in [5, 5.41) is 2.01. The zero-order valence-corrected chi connectivity index (χ0v) is 17.0. The first-order valence-corrected chi connectivity index (χ1v) is 10.5. The van der Waals surface area contributed by atoms with Crippen molar-refractivity contribution in [2.24, 2.45) is 0 Å². The molecule has 1 aromatic rings. The van der Waals surface area contributed by atoms with E-state index in [-0.39, 0.29) is 23.0 Å². The molecule has 28 heavy (non-hydrogen) atoms. The number of alkyl halides is 3. The Labute approximate surface area is 162 Å².